The van der Waals surface area contributed by atoms with Gasteiger partial charge in [-0.1, -0.05) is 72.4 Å². The van der Waals surface area contributed by atoms with Crippen molar-refractivity contribution in [1.82, 2.24) is 0 Å². The van der Waals surface area contributed by atoms with Crippen LogP contribution in [-0.2, 0) is 4.79 Å². The fourth-order valence-electron chi connectivity index (χ4n) is 2.67. The van der Waals surface area contributed by atoms with Gasteiger partial charge in [-0.3, -0.25) is 9.59 Å². The molecule has 136 valence electrons. The van der Waals surface area contributed by atoms with Crippen LogP contribution < -0.4 is 5.32 Å². The van der Waals surface area contributed by atoms with Crippen molar-refractivity contribution in [2.24, 2.45) is 0 Å². The van der Waals surface area contributed by atoms with Crippen LogP contribution in [0.1, 0.15) is 29.6 Å². The van der Waals surface area contributed by atoms with E-state index in [1.807, 2.05) is 72.8 Å². The largest absolute Gasteiger partial charge is 0.325 e. The predicted molar refractivity (Wildman–Crippen MR) is 110 cm³/mol. The molecule has 0 aliphatic carbocycles. The Balaban J connectivity index is 1.53. The molecule has 0 atom stereocenters. The van der Waals surface area contributed by atoms with Crippen LogP contribution in [0.15, 0.2) is 94.7 Å². The average molecular weight is 375 g/mol. The third kappa shape index (κ3) is 5.83. The van der Waals surface area contributed by atoms with Gasteiger partial charge in [-0.15, -0.1) is 0 Å². The molecule has 0 aromatic heterocycles. The minimum atomic E-state index is -0.0722. The standard InChI is InChI=1S/C23H21NO2S/c25-21(18-10-3-1-4-11-18)15-9-17-23(26)24-20-14-7-8-16-22(20)27-19-12-5-2-6-13-19/h1-8,10-14,16H,9,15,17H2,(H,24,26). The fourth-order valence-corrected chi connectivity index (χ4v) is 3.59. The topological polar surface area (TPSA) is 46.2 Å². The molecule has 1 N–H and O–H groups in total. The summed E-state index contributed by atoms with van der Waals surface area (Å²) in [6.45, 7) is 0. The van der Waals surface area contributed by atoms with E-state index >= 15 is 0 Å². The Morgan fingerprint density at radius 1 is 0.741 bits per heavy atom. The van der Waals surface area contributed by atoms with E-state index in [2.05, 4.69) is 5.32 Å². The molecule has 0 bridgehead atoms. The number of carbonyl (C=O) groups is 2. The smallest absolute Gasteiger partial charge is 0.224 e. The van der Waals surface area contributed by atoms with Crippen LogP contribution in [-0.4, -0.2) is 11.7 Å². The van der Waals surface area contributed by atoms with Gasteiger partial charge in [-0.2, -0.15) is 0 Å². The summed E-state index contributed by atoms with van der Waals surface area (Å²) in [7, 11) is 0. The Morgan fingerprint density at radius 2 is 1.37 bits per heavy atom. The Kier molecular flexibility index (Phi) is 6.83. The van der Waals surface area contributed by atoms with Gasteiger partial charge in [-0.25, -0.2) is 0 Å². The molecule has 0 radical (unpaired) electrons. The van der Waals surface area contributed by atoms with Crippen molar-refractivity contribution in [3.8, 4) is 0 Å². The second-order valence-corrected chi connectivity index (χ2v) is 7.22. The SMILES string of the molecule is O=C(CCCC(=O)c1ccccc1)Nc1ccccc1Sc1ccccc1. The van der Waals surface area contributed by atoms with Crippen LogP contribution in [0.4, 0.5) is 5.69 Å². The summed E-state index contributed by atoms with van der Waals surface area (Å²) >= 11 is 1.61. The van der Waals surface area contributed by atoms with E-state index in [1.165, 1.54) is 0 Å². The molecule has 0 heterocycles. The molecule has 0 aliphatic rings. The number of rotatable bonds is 8. The predicted octanol–water partition coefficient (Wildman–Crippen LogP) is 5.83. The highest BCUT2D eigenvalue weighted by Crippen LogP contribution is 2.33. The Morgan fingerprint density at radius 3 is 2.11 bits per heavy atom. The van der Waals surface area contributed by atoms with Crippen molar-refractivity contribution in [2.45, 2.75) is 29.1 Å². The maximum absolute atomic E-state index is 12.3. The van der Waals surface area contributed by atoms with E-state index in [-0.39, 0.29) is 11.7 Å². The zero-order valence-corrected chi connectivity index (χ0v) is 15.7. The maximum Gasteiger partial charge on any atom is 0.224 e. The number of Topliss-reactive ketones (excluding diaryl/α,β-unsaturated/α-hetero) is 1. The summed E-state index contributed by atoms with van der Waals surface area (Å²) in [5, 5.41) is 2.97. The summed E-state index contributed by atoms with van der Waals surface area (Å²) in [4.78, 5) is 26.5. The van der Waals surface area contributed by atoms with E-state index in [1.54, 1.807) is 23.9 Å². The maximum atomic E-state index is 12.3. The number of anilines is 1. The molecule has 0 unspecified atom stereocenters. The Labute approximate surface area is 163 Å². The van der Waals surface area contributed by atoms with Gasteiger partial charge in [0.25, 0.3) is 0 Å². The van der Waals surface area contributed by atoms with Crippen LogP contribution >= 0.6 is 11.8 Å². The van der Waals surface area contributed by atoms with Crippen molar-refractivity contribution < 1.29 is 9.59 Å². The lowest BCUT2D eigenvalue weighted by Gasteiger charge is -2.10. The van der Waals surface area contributed by atoms with Crippen molar-refractivity contribution in [2.75, 3.05) is 5.32 Å². The lowest BCUT2D eigenvalue weighted by atomic mass is 10.1. The molecule has 3 aromatic rings. The van der Waals surface area contributed by atoms with Crippen LogP contribution in [0.5, 0.6) is 0 Å². The minimum absolute atomic E-state index is 0.0722. The van der Waals surface area contributed by atoms with Gasteiger partial charge in [0.05, 0.1) is 5.69 Å². The van der Waals surface area contributed by atoms with E-state index in [9.17, 15) is 9.59 Å². The molecule has 0 fully saturated rings. The molecule has 3 nitrogen and oxygen atoms in total. The highest BCUT2D eigenvalue weighted by molar-refractivity contribution is 7.99. The number of benzene rings is 3. The average Bonchev–Trinajstić information content (AvgIpc) is 2.71. The van der Waals surface area contributed by atoms with Crippen molar-refractivity contribution in [3.63, 3.8) is 0 Å². The number of hydrogen-bond donors (Lipinski definition) is 1. The monoisotopic (exact) mass is 375 g/mol. The van der Waals surface area contributed by atoms with Gasteiger partial charge in [0, 0.05) is 28.2 Å². The number of hydrogen-bond acceptors (Lipinski definition) is 3. The number of ketones is 1. The van der Waals surface area contributed by atoms with Crippen molar-refractivity contribution in [1.29, 1.82) is 0 Å². The fraction of sp³-hybridized carbons (Fsp3) is 0.130. The van der Waals surface area contributed by atoms with Gasteiger partial charge < -0.3 is 5.32 Å². The van der Waals surface area contributed by atoms with Gasteiger partial charge in [0.15, 0.2) is 5.78 Å². The van der Waals surface area contributed by atoms with Gasteiger partial charge in [0.2, 0.25) is 5.91 Å². The Bertz CT molecular complexity index is 895. The second kappa shape index (κ2) is 9.74. The van der Waals surface area contributed by atoms with Crippen molar-refractivity contribution >= 4 is 29.1 Å². The van der Waals surface area contributed by atoms with Crippen LogP contribution in [0.3, 0.4) is 0 Å². The number of amides is 1. The summed E-state index contributed by atoms with van der Waals surface area (Å²) in [5.74, 6) is 0.000377. The summed E-state index contributed by atoms with van der Waals surface area (Å²) in [6.07, 6.45) is 1.23. The molecule has 3 rings (SSSR count). The molecule has 0 aliphatic heterocycles. The number of nitrogens with one attached hydrogen (secondary N) is 1. The quantitative estimate of drug-likeness (QED) is 0.504. The second-order valence-electron chi connectivity index (χ2n) is 6.10. The lowest BCUT2D eigenvalue weighted by molar-refractivity contribution is -0.116. The van der Waals surface area contributed by atoms with Crippen LogP contribution in [0.2, 0.25) is 0 Å². The van der Waals surface area contributed by atoms with Gasteiger partial charge in [0.1, 0.15) is 0 Å². The van der Waals surface area contributed by atoms with Crippen molar-refractivity contribution in [3.05, 3.63) is 90.5 Å². The molecular weight excluding hydrogens is 354 g/mol. The highest BCUT2D eigenvalue weighted by atomic mass is 32.2. The zero-order valence-electron chi connectivity index (χ0n) is 14.9. The van der Waals surface area contributed by atoms with E-state index < -0.39 is 0 Å². The molecular formula is C23H21NO2S. The van der Waals surface area contributed by atoms with E-state index in [0.29, 0.717) is 24.8 Å². The third-order valence-corrected chi connectivity index (χ3v) is 5.12. The highest BCUT2D eigenvalue weighted by Gasteiger charge is 2.10. The normalized spacial score (nSPS) is 10.4. The van der Waals surface area contributed by atoms with Gasteiger partial charge >= 0.3 is 0 Å². The molecule has 3 aromatic carbocycles. The zero-order chi connectivity index (χ0) is 18.9. The first-order chi connectivity index (χ1) is 13.2. The molecule has 27 heavy (non-hydrogen) atoms. The van der Waals surface area contributed by atoms with E-state index in [0.717, 1.165) is 15.5 Å². The van der Waals surface area contributed by atoms with Crippen LogP contribution in [0.25, 0.3) is 0 Å². The summed E-state index contributed by atoms with van der Waals surface area (Å²) < 4.78 is 0. The number of carbonyl (C=O) groups excluding carboxylic acids is 2. The van der Waals surface area contributed by atoms with Gasteiger partial charge in [-0.05, 0) is 30.7 Å². The first-order valence-corrected chi connectivity index (χ1v) is 9.74. The third-order valence-electron chi connectivity index (χ3n) is 4.04. The molecule has 0 saturated carbocycles. The van der Waals surface area contributed by atoms with E-state index in [4.69, 9.17) is 0 Å². The molecule has 4 heteroatoms. The molecule has 1 amide bonds. The number of para-hydroxylation sites is 1. The summed E-state index contributed by atoms with van der Waals surface area (Å²) in [5.41, 5.74) is 1.49. The molecule has 0 spiro atoms. The lowest BCUT2D eigenvalue weighted by Crippen LogP contribution is -2.12. The minimum Gasteiger partial charge on any atom is -0.325 e. The first kappa shape index (κ1) is 18.9. The molecule has 0 saturated heterocycles. The first-order valence-electron chi connectivity index (χ1n) is 8.92. The van der Waals surface area contributed by atoms with Crippen LogP contribution in [0, 0.1) is 0 Å². The summed E-state index contributed by atoms with van der Waals surface area (Å²) in [6, 6.07) is 27.0. The Hall–Kier alpha value is -2.85.